The molecule has 0 aliphatic heterocycles. The second kappa shape index (κ2) is 6.21. The first kappa shape index (κ1) is 13.5. The maximum absolute atomic E-state index is 10.1. The minimum atomic E-state index is -0.572. The molecule has 1 aromatic rings. The molecule has 0 aliphatic rings. The highest BCUT2D eigenvalue weighted by atomic mass is 35.5. The van der Waals surface area contributed by atoms with E-state index in [9.17, 15) is 5.11 Å². The van der Waals surface area contributed by atoms with Gasteiger partial charge in [0.25, 0.3) is 0 Å². The molecule has 0 aliphatic carbocycles. The Bertz CT molecular complexity index is 313. The minimum absolute atomic E-state index is 0.572. The lowest BCUT2D eigenvalue weighted by Crippen LogP contribution is -2.31. The van der Waals surface area contributed by atoms with Gasteiger partial charge in [0.15, 0.2) is 0 Å². The Morgan fingerprint density at radius 1 is 1.12 bits per heavy atom. The van der Waals surface area contributed by atoms with E-state index < -0.39 is 6.23 Å². The molecule has 0 fully saturated rings. The van der Waals surface area contributed by atoms with Crippen LogP contribution in [0.5, 0.6) is 0 Å². The van der Waals surface area contributed by atoms with Crippen molar-refractivity contribution >= 4 is 11.6 Å². The maximum atomic E-state index is 10.1. The topological polar surface area (TPSA) is 26.7 Å². The van der Waals surface area contributed by atoms with Crippen molar-refractivity contribution in [3.8, 4) is 0 Å². The molecule has 0 aromatic heterocycles. The molecule has 90 valence electrons. The summed E-state index contributed by atoms with van der Waals surface area (Å²) in [5.74, 6) is 0. The van der Waals surface area contributed by atoms with Gasteiger partial charge in [-0.2, -0.15) is 0 Å². The molecule has 1 N–H and O–H groups in total. The largest absolute Gasteiger partial charge is 0.374 e. The lowest BCUT2D eigenvalue weighted by atomic mass is 10.2. The summed E-state index contributed by atoms with van der Waals surface area (Å²) in [4.78, 5) is 3.99. The first-order valence-electron chi connectivity index (χ1n) is 5.29. The van der Waals surface area contributed by atoms with E-state index in [2.05, 4.69) is 4.90 Å². The van der Waals surface area contributed by atoms with Crippen molar-refractivity contribution in [1.29, 1.82) is 0 Å². The van der Waals surface area contributed by atoms with E-state index in [4.69, 9.17) is 11.6 Å². The average Bonchev–Trinajstić information content (AvgIpc) is 2.26. The zero-order chi connectivity index (χ0) is 12.1. The SMILES string of the molecule is CN(C)CCN(C)C(O)c1ccc(Cl)cc1. The minimum Gasteiger partial charge on any atom is -0.374 e. The van der Waals surface area contributed by atoms with Crippen molar-refractivity contribution in [3.63, 3.8) is 0 Å². The second-order valence-corrected chi connectivity index (χ2v) is 4.65. The molecule has 0 amide bonds. The molecule has 16 heavy (non-hydrogen) atoms. The molecule has 3 nitrogen and oxygen atoms in total. The molecule has 0 bridgehead atoms. The first-order valence-corrected chi connectivity index (χ1v) is 5.67. The molecule has 0 saturated heterocycles. The fourth-order valence-electron chi connectivity index (χ4n) is 1.37. The van der Waals surface area contributed by atoms with Crippen LogP contribution in [0.2, 0.25) is 5.02 Å². The Labute approximate surface area is 102 Å². The Balaban J connectivity index is 2.56. The zero-order valence-corrected chi connectivity index (χ0v) is 10.8. The van der Waals surface area contributed by atoms with Gasteiger partial charge in [-0.3, -0.25) is 4.90 Å². The van der Waals surface area contributed by atoms with Crippen molar-refractivity contribution in [1.82, 2.24) is 9.80 Å². The van der Waals surface area contributed by atoms with Crippen LogP contribution in [0.1, 0.15) is 11.8 Å². The molecule has 4 heteroatoms. The number of hydrogen-bond donors (Lipinski definition) is 1. The number of hydrogen-bond acceptors (Lipinski definition) is 3. The highest BCUT2D eigenvalue weighted by Crippen LogP contribution is 2.18. The van der Waals surface area contributed by atoms with Crippen molar-refractivity contribution in [3.05, 3.63) is 34.9 Å². The predicted octanol–water partition coefficient (Wildman–Crippen LogP) is 1.82. The van der Waals surface area contributed by atoms with Crippen LogP contribution >= 0.6 is 11.6 Å². The van der Waals surface area contributed by atoms with Crippen LogP contribution in [-0.4, -0.2) is 49.1 Å². The molecule has 1 rings (SSSR count). The van der Waals surface area contributed by atoms with Gasteiger partial charge in [0.2, 0.25) is 0 Å². The van der Waals surface area contributed by atoms with E-state index in [1.807, 2.05) is 38.2 Å². The van der Waals surface area contributed by atoms with Crippen LogP contribution in [0.4, 0.5) is 0 Å². The summed E-state index contributed by atoms with van der Waals surface area (Å²) in [7, 11) is 5.94. The van der Waals surface area contributed by atoms with Gasteiger partial charge in [0, 0.05) is 18.1 Å². The smallest absolute Gasteiger partial charge is 0.133 e. The molecule has 0 spiro atoms. The van der Waals surface area contributed by atoms with Gasteiger partial charge in [-0.1, -0.05) is 23.7 Å². The van der Waals surface area contributed by atoms with E-state index in [1.165, 1.54) is 0 Å². The summed E-state index contributed by atoms with van der Waals surface area (Å²) in [5.41, 5.74) is 0.866. The van der Waals surface area contributed by atoms with Crippen LogP contribution in [0, 0.1) is 0 Å². The molecular weight excluding hydrogens is 224 g/mol. The fourth-order valence-corrected chi connectivity index (χ4v) is 1.50. The highest BCUT2D eigenvalue weighted by molar-refractivity contribution is 6.30. The lowest BCUT2D eigenvalue weighted by molar-refractivity contribution is 0.0175. The van der Waals surface area contributed by atoms with Crippen molar-refractivity contribution in [2.75, 3.05) is 34.2 Å². The Hall–Kier alpha value is -0.610. The fraction of sp³-hybridized carbons (Fsp3) is 0.500. The standard InChI is InChI=1S/C12H19ClN2O/c1-14(2)8-9-15(3)12(16)10-4-6-11(13)7-5-10/h4-7,12,16H,8-9H2,1-3H3. The molecule has 0 saturated carbocycles. The van der Waals surface area contributed by atoms with Crippen LogP contribution in [-0.2, 0) is 0 Å². The Kier molecular flexibility index (Phi) is 5.22. The number of rotatable bonds is 5. The molecule has 0 radical (unpaired) electrons. The van der Waals surface area contributed by atoms with Gasteiger partial charge < -0.3 is 10.0 Å². The molecule has 0 heterocycles. The third-order valence-corrected chi connectivity index (χ3v) is 2.74. The van der Waals surface area contributed by atoms with Gasteiger partial charge in [0.1, 0.15) is 6.23 Å². The molecule has 1 unspecified atom stereocenters. The predicted molar refractivity (Wildman–Crippen MR) is 67.6 cm³/mol. The highest BCUT2D eigenvalue weighted by Gasteiger charge is 2.12. The van der Waals surface area contributed by atoms with Gasteiger partial charge in [-0.25, -0.2) is 0 Å². The summed E-state index contributed by atoms with van der Waals surface area (Å²) in [6, 6.07) is 7.28. The van der Waals surface area contributed by atoms with Gasteiger partial charge in [-0.05, 0) is 38.8 Å². The quantitative estimate of drug-likeness (QED) is 0.798. The Morgan fingerprint density at radius 2 is 1.69 bits per heavy atom. The maximum Gasteiger partial charge on any atom is 0.133 e. The van der Waals surface area contributed by atoms with Gasteiger partial charge in [0.05, 0.1) is 0 Å². The normalized spacial score (nSPS) is 13.4. The van der Waals surface area contributed by atoms with Crippen LogP contribution < -0.4 is 0 Å². The van der Waals surface area contributed by atoms with Gasteiger partial charge >= 0.3 is 0 Å². The first-order chi connectivity index (χ1) is 7.50. The second-order valence-electron chi connectivity index (χ2n) is 4.21. The third kappa shape index (κ3) is 4.10. The zero-order valence-electron chi connectivity index (χ0n) is 10.0. The summed E-state index contributed by atoms with van der Waals surface area (Å²) in [6.45, 7) is 1.73. The summed E-state index contributed by atoms with van der Waals surface area (Å²) < 4.78 is 0. The summed E-state index contributed by atoms with van der Waals surface area (Å²) in [6.07, 6.45) is -0.572. The van der Waals surface area contributed by atoms with Gasteiger partial charge in [-0.15, -0.1) is 0 Å². The number of benzene rings is 1. The third-order valence-electron chi connectivity index (χ3n) is 2.49. The molecule has 1 aromatic carbocycles. The van der Waals surface area contributed by atoms with E-state index in [0.29, 0.717) is 5.02 Å². The van der Waals surface area contributed by atoms with E-state index in [1.54, 1.807) is 12.1 Å². The van der Waals surface area contributed by atoms with E-state index in [-0.39, 0.29) is 0 Å². The monoisotopic (exact) mass is 242 g/mol. The van der Waals surface area contributed by atoms with Crippen molar-refractivity contribution in [2.45, 2.75) is 6.23 Å². The molecule has 1 atom stereocenters. The van der Waals surface area contributed by atoms with E-state index in [0.717, 1.165) is 18.7 Å². The molecular formula is C12H19ClN2O. The number of aliphatic hydroxyl groups is 1. The van der Waals surface area contributed by atoms with Crippen LogP contribution in [0.25, 0.3) is 0 Å². The van der Waals surface area contributed by atoms with Crippen LogP contribution in [0.15, 0.2) is 24.3 Å². The summed E-state index contributed by atoms with van der Waals surface area (Å²) >= 11 is 5.80. The Morgan fingerprint density at radius 3 is 2.19 bits per heavy atom. The van der Waals surface area contributed by atoms with Crippen molar-refractivity contribution < 1.29 is 5.11 Å². The number of halogens is 1. The number of likely N-dealkylation sites (N-methyl/N-ethyl adjacent to an activating group) is 2. The lowest BCUT2D eigenvalue weighted by Gasteiger charge is -2.25. The average molecular weight is 243 g/mol. The van der Waals surface area contributed by atoms with Crippen LogP contribution in [0.3, 0.4) is 0 Å². The van der Waals surface area contributed by atoms with E-state index >= 15 is 0 Å². The number of nitrogens with zero attached hydrogens (tertiary/aromatic N) is 2. The number of aliphatic hydroxyl groups excluding tert-OH is 1. The van der Waals surface area contributed by atoms with Crippen molar-refractivity contribution in [2.24, 2.45) is 0 Å². The summed E-state index contributed by atoms with van der Waals surface area (Å²) in [5, 5.41) is 10.7.